The number of methoxy groups -OCH3 is 1. The van der Waals surface area contributed by atoms with Crippen LogP contribution in [-0.4, -0.2) is 22.1 Å². The number of alkyl halides is 3. The molecule has 0 spiro atoms. The molecule has 0 aliphatic heterocycles. The zero-order chi connectivity index (χ0) is 17.1. The molecule has 1 unspecified atom stereocenters. The van der Waals surface area contributed by atoms with Gasteiger partial charge in [-0.05, 0) is 30.3 Å². The minimum absolute atomic E-state index is 0.178. The Bertz CT molecular complexity index is 742. The van der Waals surface area contributed by atoms with Gasteiger partial charge in [-0.2, -0.15) is 13.2 Å². The Morgan fingerprint density at radius 3 is 2.57 bits per heavy atom. The third-order valence-electron chi connectivity index (χ3n) is 3.08. The van der Waals surface area contributed by atoms with E-state index in [9.17, 15) is 21.6 Å². The summed E-state index contributed by atoms with van der Waals surface area (Å²) in [4.78, 5) is -0.471. The molecule has 0 saturated carbocycles. The van der Waals surface area contributed by atoms with Gasteiger partial charge in [0, 0.05) is 13.7 Å². The van der Waals surface area contributed by atoms with Crippen LogP contribution >= 0.6 is 0 Å². The maximum atomic E-state index is 12.7. The molecule has 126 valence electrons. The van der Waals surface area contributed by atoms with E-state index in [1.165, 1.54) is 13.4 Å². The molecule has 2 aromatic rings. The Morgan fingerprint density at radius 1 is 1.26 bits per heavy atom. The molecule has 0 amide bonds. The van der Waals surface area contributed by atoms with E-state index in [4.69, 9.17) is 9.15 Å². The number of hydrogen-bond donors (Lipinski definition) is 1. The smallest absolute Gasteiger partial charge is 0.416 e. The van der Waals surface area contributed by atoms with E-state index in [-0.39, 0.29) is 6.54 Å². The predicted octanol–water partition coefficient (Wildman–Crippen LogP) is 2.96. The molecule has 9 heteroatoms. The molecule has 1 aromatic heterocycles. The first kappa shape index (κ1) is 17.5. The van der Waals surface area contributed by atoms with Gasteiger partial charge in [-0.15, -0.1) is 0 Å². The molecule has 0 bridgehead atoms. The van der Waals surface area contributed by atoms with E-state index >= 15 is 0 Å². The van der Waals surface area contributed by atoms with Crippen LogP contribution in [0.1, 0.15) is 17.4 Å². The SMILES string of the molecule is COC(CNS(=O)(=O)c1cccc(C(F)(F)F)c1)c1ccco1. The topological polar surface area (TPSA) is 68.5 Å². The predicted molar refractivity (Wildman–Crippen MR) is 75.1 cm³/mol. The highest BCUT2D eigenvalue weighted by Crippen LogP contribution is 2.30. The van der Waals surface area contributed by atoms with Crippen molar-refractivity contribution in [2.75, 3.05) is 13.7 Å². The van der Waals surface area contributed by atoms with Crippen molar-refractivity contribution in [2.45, 2.75) is 17.2 Å². The maximum absolute atomic E-state index is 12.7. The molecule has 1 aromatic carbocycles. The van der Waals surface area contributed by atoms with E-state index < -0.39 is 32.8 Å². The lowest BCUT2D eigenvalue weighted by Crippen LogP contribution is -2.29. The van der Waals surface area contributed by atoms with Gasteiger partial charge in [0.1, 0.15) is 11.9 Å². The Labute approximate surface area is 131 Å². The summed E-state index contributed by atoms with van der Waals surface area (Å²) < 4.78 is 74.7. The Kier molecular flexibility index (Phi) is 5.12. The third kappa shape index (κ3) is 4.34. The van der Waals surface area contributed by atoms with Crippen LogP contribution in [0, 0.1) is 0 Å². The summed E-state index contributed by atoms with van der Waals surface area (Å²) in [6, 6.07) is 6.73. The molecule has 23 heavy (non-hydrogen) atoms. The fourth-order valence-corrected chi connectivity index (χ4v) is 2.96. The van der Waals surface area contributed by atoms with Crippen LogP contribution < -0.4 is 4.72 Å². The molecule has 0 fully saturated rings. The van der Waals surface area contributed by atoms with Crippen molar-refractivity contribution in [3.63, 3.8) is 0 Å². The lowest BCUT2D eigenvalue weighted by atomic mass is 10.2. The normalized spacial score (nSPS) is 13.9. The van der Waals surface area contributed by atoms with Crippen molar-refractivity contribution in [2.24, 2.45) is 0 Å². The van der Waals surface area contributed by atoms with Gasteiger partial charge in [0.15, 0.2) is 0 Å². The molecule has 2 rings (SSSR count). The molecule has 1 N–H and O–H groups in total. The van der Waals surface area contributed by atoms with Gasteiger partial charge < -0.3 is 9.15 Å². The summed E-state index contributed by atoms with van der Waals surface area (Å²) in [5, 5.41) is 0. The molecular weight excluding hydrogens is 335 g/mol. The Balaban J connectivity index is 2.16. The molecule has 1 atom stereocenters. The first-order valence-corrected chi connectivity index (χ1v) is 7.95. The zero-order valence-electron chi connectivity index (χ0n) is 12.0. The van der Waals surface area contributed by atoms with Crippen molar-refractivity contribution >= 4 is 10.0 Å². The molecule has 0 saturated heterocycles. The maximum Gasteiger partial charge on any atom is 0.416 e. The average molecular weight is 349 g/mol. The number of benzene rings is 1. The van der Waals surface area contributed by atoms with Gasteiger partial charge in [-0.1, -0.05) is 6.07 Å². The van der Waals surface area contributed by atoms with E-state index in [2.05, 4.69) is 4.72 Å². The summed E-state index contributed by atoms with van der Waals surface area (Å²) in [5.41, 5.74) is -1.03. The monoisotopic (exact) mass is 349 g/mol. The number of sulfonamides is 1. The average Bonchev–Trinajstić information content (AvgIpc) is 3.01. The summed E-state index contributed by atoms with van der Waals surface area (Å²) in [5.74, 6) is 0.402. The van der Waals surface area contributed by atoms with Crippen LogP contribution in [0.4, 0.5) is 13.2 Å². The van der Waals surface area contributed by atoms with Crippen LogP contribution in [0.2, 0.25) is 0 Å². The highest BCUT2D eigenvalue weighted by Gasteiger charge is 2.31. The number of rotatable bonds is 6. The van der Waals surface area contributed by atoms with E-state index in [0.717, 1.165) is 18.2 Å². The summed E-state index contributed by atoms with van der Waals surface area (Å²) in [6.45, 7) is -0.178. The quantitative estimate of drug-likeness (QED) is 0.871. The van der Waals surface area contributed by atoms with Crippen LogP contribution in [0.25, 0.3) is 0 Å². The largest absolute Gasteiger partial charge is 0.467 e. The van der Waals surface area contributed by atoms with Gasteiger partial charge in [-0.3, -0.25) is 0 Å². The number of ether oxygens (including phenoxy) is 1. The van der Waals surface area contributed by atoms with Crippen molar-refractivity contribution in [3.05, 3.63) is 54.0 Å². The highest BCUT2D eigenvalue weighted by molar-refractivity contribution is 7.89. The van der Waals surface area contributed by atoms with Crippen molar-refractivity contribution in [3.8, 4) is 0 Å². The molecular formula is C14H14F3NO4S. The minimum Gasteiger partial charge on any atom is -0.467 e. The van der Waals surface area contributed by atoms with Crippen molar-refractivity contribution in [1.82, 2.24) is 4.72 Å². The fraction of sp³-hybridized carbons (Fsp3) is 0.286. The number of nitrogens with one attached hydrogen (secondary N) is 1. The highest BCUT2D eigenvalue weighted by atomic mass is 32.2. The second kappa shape index (κ2) is 6.73. The first-order valence-electron chi connectivity index (χ1n) is 6.47. The van der Waals surface area contributed by atoms with E-state index in [1.54, 1.807) is 12.1 Å². The molecule has 5 nitrogen and oxygen atoms in total. The zero-order valence-corrected chi connectivity index (χ0v) is 12.8. The van der Waals surface area contributed by atoms with Crippen LogP contribution in [0.5, 0.6) is 0 Å². The minimum atomic E-state index is -4.62. The Hall–Kier alpha value is -1.84. The van der Waals surface area contributed by atoms with E-state index in [0.29, 0.717) is 11.8 Å². The van der Waals surface area contributed by atoms with Gasteiger partial charge in [0.25, 0.3) is 0 Å². The van der Waals surface area contributed by atoms with E-state index in [1.807, 2.05) is 0 Å². The first-order chi connectivity index (χ1) is 10.7. The van der Waals surface area contributed by atoms with Crippen molar-refractivity contribution < 1.29 is 30.7 Å². The second-order valence-corrected chi connectivity index (χ2v) is 6.38. The van der Waals surface area contributed by atoms with Gasteiger partial charge in [-0.25, -0.2) is 13.1 Å². The van der Waals surface area contributed by atoms with Gasteiger partial charge >= 0.3 is 6.18 Å². The lowest BCUT2D eigenvalue weighted by Gasteiger charge is -2.14. The molecule has 1 heterocycles. The fourth-order valence-electron chi connectivity index (χ4n) is 1.88. The lowest BCUT2D eigenvalue weighted by molar-refractivity contribution is -0.137. The molecule has 0 radical (unpaired) electrons. The van der Waals surface area contributed by atoms with Crippen molar-refractivity contribution in [1.29, 1.82) is 0 Å². The third-order valence-corrected chi connectivity index (χ3v) is 4.50. The summed E-state index contributed by atoms with van der Waals surface area (Å²) >= 11 is 0. The number of halogens is 3. The van der Waals surface area contributed by atoms with Crippen LogP contribution in [-0.2, 0) is 20.9 Å². The standard InChI is InChI=1S/C14H14F3NO4S/c1-21-13(12-6-3-7-22-12)9-18-23(19,20)11-5-2-4-10(8-11)14(15,16)17/h2-8,13,18H,9H2,1H3. The number of hydrogen-bond acceptors (Lipinski definition) is 4. The number of furan rings is 1. The Morgan fingerprint density at radius 2 is 2.00 bits per heavy atom. The second-order valence-electron chi connectivity index (χ2n) is 4.62. The molecule has 0 aliphatic carbocycles. The van der Waals surface area contributed by atoms with Gasteiger partial charge in [0.05, 0.1) is 16.7 Å². The van der Waals surface area contributed by atoms with Crippen LogP contribution in [0.15, 0.2) is 52.0 Å². The molecule has 0 aliphatic rings. The van der Waals surface area contributed by atoms with Crippen LogP contribution in [0.3, 0.4) is 0 Å². The van der Waals surface area contributed by atoms with Gasteiger partial charge in [0.2, 0.25) is 10.0 Å². The summed E-state index contributed by atoms with van der Waals surface area (Å²) in [6.07, 6.45) is -3.90. The summed E-state index contributed by atoms with van der Waals surface area (Å²) in [7, 11) is -2.74.